The van der Waals surface area contributed by atoms with Crippen molar-refractivity contribution in [2.24, 2.45) is 5.92 Å². The molecule has 1 N–H and O–H groups in total. The Hall–Kier alpha value is -2.40. The fourth-order valence-electron chi connectivity index (χ4n) is 4.64. The van der Waals surface area contributed by atoms with Gasteiger partial charge in [0.1, 0.15) is 17.2 Å². The molecule has 0 unspecified atom stereocenters. The molecular formula is C25H31FN2O2. The number of aryl methyl sites for hydroxylation is 1. The van der Waals surface area contributed by atoms with E-state index in [0.717, 1.165) is 61.3 Å². The van der Waals surface area contributed by atoms with E-state index >= 15 is 0 Å². The Bertz CT molecular complexity index is 910. The van der Waals surface area contributed by atoms with E-state index in [1.165, 1.54) is 12.1 Å². The van der Waals surface area contributed by atoms with Gasteiger partial charge in [0.05, 0.1) is 12.0 Å². The minimum atomic E-state index is -0.320. The molecule has 160 valence electrons. The standard InChI is InChI=1S/C25H31FN2O2/c1-17-6-11-21-22(14-25(2,3)30-23(21)13-17)27-24(29)19-5-4-12-28(16-19)15-18-7-9-20(26)10-8-18/h6-11,13,19,22H,4-5,12,14-16H2,1-3H3,(H,27,29)/t19-,22-/m0/s1. The van der Waals surface area contributed by atoms with Crippen LogP contribution in [0.15, 0.2) is 42.5 Å². The van der Waals surface area contributed by atoms with Gasteiger partial charge in [0, 0.05) is 25.1 Å². The van der Waals surface area contributed by atoms with Crippen molar-refractivity contribution in [3.63, 3.8) is 0 Å². The molecule has 2 atom stereocenters. The van der Waals surface area contributed by atoms with E-state index < -0.39 is 0 Å². The second-order valence-corrected chi connectivity index (χ2v) is 9.37. The Labute approximate surface area is 178 Å². The summed E-state index contributed by atoms with van der Waals surface area (Å²) in [5, 5.41) is 3.32. The number of piperidine rings is 1. The van der Waals surface area contributed by atoms with Crippen LogP contribution < -0.4 is 10.1 Å². The summed E-state index contributed by atoms with van der Waals surface area (Å²) in [4.78, 5) is 15.5. The van der Waals surface area contributed by atoms with Gasteiger partial charge in [-0.1, -0.05) is 24.3 Å². The lowest BCUT2D eigenvalue weighted by atomic mass is 9.88. The number of rotatable bonds is 4. The summed E-state index contributed by atoms with van der Waals surface area (Å²) in [6, 6.07) is 12.8. The first kappa shape index (κ1) is 20.9. The maximum absolute atomic E-state index is 13.2. The van der Waals surface area contributed by atoms with Gasteiger partial charge in [0.25, 0.3) is 0 Å². The summed E-state index contributed by atoms with van der Waals surface area (Å²) in [5.41, 5.74) is 2.97. The van der Waals surface area contributed by atoms with Crippen LogP contribution in [-0.2, 0) is 11.3 Å². The maximum Gasteiger partial charge on any atom is 0.224 e. The molecule has 0 spiro atoms. The Morgan fingerprint density at radius 2 is 2.00 bits per heavy atom. The van der Waals surface area contributed by atoms with Crippen molar-refractivity contribution in [3.8, 4) is 5.75 Å². The average Bonchev–Trinajstić information content (AvgIpc) is 2.69. The lowest BCUT2D eigenvalue weighted by Crippen LogP contribution is -2.46. The average molecular weight is 411 g/mol. The topological polar surface area (TPSA) is 41.6 Å². The van der Waals surface area contributed by atoms with Gasteiger partial charge in [-0.25, -0.2) is 4.39 Å². The van der Waals surface area contributed by atoms with E-state index in [4.69, 9.17) is 4.74 Å². The molecule has 0 bridgehead atoms. The number of ether oxygens (including phenoxy) is 1. The van der Waals surface area contributed by atoms with Gasteiger partial charge in [-0.15, -0.1) is 0 Å². The number of carbonyl (C=O) groups excluding carboxylic acids is 1. The van der Waals surface area contributed by atoms with Crippen molar-refractivity contribution in [2.45, 2.75) is 58.2 Å². The highest BCUT2D eigenvalue weighted by atomic mass is 19.1. The van der Waals surface area contributed by atoms with Gasteiger partial charge in [-0.2, -0.15) is 0 Å². The summed E-state index contributed by atoms with van der Waals surface area (Å²) < 4.78 is 19.3. The normalized spacial score (nSPS) is 23.3. The Morgan fingerprint density at radius 3 is 2.77 bits per heavy atom. The van der Waals surface area contributed by atoms with Gasteiger partial charge in [-0.05, 0) is 69.5 Å². The summed E-state index contributed by atoms with van der Waals surface area (Å²) >= 11 is 0. The number of fused-ring (bicyclic) bond motifs is 1. The third-order valence-corrected chi connectivity index (χ3v) is 6.14. The summed E-state index contributed by atoms with van der Waals surface area (Å²) in [6.07, 6.45) is 2.65. The number of nitrogens with one attached hydrogen (secondary N) is 1. The predicted molar refractivity (Wildman–Crippen MR) is 116 cm³/mol. The smallest absolute Gasteiger partial charge is 0.224 e. The number of likely N-dealkylation sites (tertiary alicyclic amines) is 1. The summed E-state index contributed by atoms with van der Waals surface area (Å²) in [6.45, 7) is 8.64. The molecule has 1 amide bonds. The van der Waals surface area contributed by atoms with Gasteiger partial charge in [0.2, 0.25) is 5.91 Å². The van der Waals surface area contributed by atoms with Crippen LogP contribution >= 0.6 is 0 Å². The zero-order valence-electron chi connectivity index (χ0n) is 18.1. The molecule has 2 heterocycles. The van der Waals surface area contributed by atoms with Crippen molar-refractivity contribution in [1.29, 1.82) is 0 Å². The van der Waals surface area contributed by atoms with E-state index in [1.807, 2.05) is 12.1 Å². The summed E-state index contributed by atoms with van der Waals surface area (Å²) in [5.74, 6) is 0.745. The van der Waals surface area contributed by atoms with Crippen molar-refractivity contribution in [1.82, 2.24) is 10.2 Å². The molecule has 2 aromatic carbocycles. The number of nitrogens with zero attached hydrogens (tertiary/aromatic N) is 1. The molecule has 30 heavy (non-hydrogen) atoms. The van der Waals surface area contributed by atoms with E-state index in [2.05, 4.69) is 49.2 Å². The van der Waals surface area contributed by atoms with Crippen LogP contribution in [0.25, 0.3) is 0 Å². The van der Waals surface area contributed by atoms with E-state index in [9.17, 15) is 9.18 Å². The molecule has 0 saturated carbocycles. The molecule has 1 saturated heterocycles. The van der Waals surface area contributed by atoms with Crippen LogP contribution in [0, 0.1) is 18.7 Å². The Morgan fingerprint density at radius 1 is 1.23 bits per heavy atom. The number of carbonyl (C=O) groups is 1. The number of amides is 1. The predicted octanol–water partition coefficient (Wildman–Crippen LogP) is 4.76. The zero-order valence-corrected chi connectivity index (χ0v) is 18.1. The summed E-state index contributed by atoms with van der Waals surface area (Å²) in [7, 11) is 0. The molecular weight excluding hydrogens is 379 g/mol. The quantitative estimate of drug-likeness (QED) is 0.790. The molecule has 5 heteroatoms. The van der Waals surface area contributed by atoms with E-state index in [-0.39, 0.29) is 29.3 Å². The molecule has 0 aliphatic carbocycles. The van der Waals surface area contributed by atoms with Crippen LogP contribution in [0.2, 0.25) is 0 Å². The van der Waals surface area contributed by atoms with Gasteiger partial charge < -0.3 is 10.1 Å². The lowest BCUT2D eigenvalue weighted by Gasteiger charge is -2.39. The molecule has 1 fully saturated rings. The molecule has 0 radical (unpaired) electrons. The minimum absolute atomic E-state index is 0.0287. The van der Waals surface area contributed by atoms with Crippen LogP contribution in [0.3, 0.4) is 0 Å². The van der Waals surface area contributed by atoms with Gasteiger partial charge in [0.15, 0.2) is 0 Å². The lowest BCUT2D eigenvalue weighted by molar-refractivity contribution is -0.128. The molecule has 2 aromatic rings. The van der Waals surface area contributed by atoms with Crippen molar-refractivity contribution in [3.05, 3.63) is 65.0 Å². The van der Waals surface area contributed by atoms with Gasteiger partial charge >= 0.3 is 0 Å². The molecule has 2 aliphatic rings. The van der Waals surface area contributed by atoms with Crippen molar-refractivity contribution < 1.29 is 13.9 Å². The number of hydrogen-bond acceptors (Lipinski definition) is 3. The highest BCUT2D eigenvalue weighted by molar-refractivity contribution is 5.79. The maximum atomic E-state index is 13.2. The Kier molecular flexibility index (Phi) is 5.83. The van der Waals surface area contributed by atoms with Crippen molar-refractivity contribution >= 4 is 5.91 Å². The highest BCUT2D eigenvalue weighted by Crippen LogP contribution is 2.40. The first-order valence-electron chi connectivity index (χ1n) is 10.9. The zero-order chi connectivity index (χ0) is 21.3. The van der Waals surface area contributed by atoms with Gasteiger partial charge in [-0.3, -0.25) is 9.69 Å². The number of benzene rings is 2. The molecule has 4 nitrogen and oxygen atoms in total. The largest absolute Gasteiger partial charge is 0.487 e. The SMILES string of the molecule is Cc1ccc2c(c1)OC(C)(C)C[C@@H]2NC(=O)[C@H]1CCCN(Cc2ccc(F)cc2)C1. The van der Waals surface area contributed by atoms with Crippen LogP contribution in [0.1, 0.15) is 55.8 Å². The first-order valence-corrected chi connectivity index (χ1v) is 10.9. The second kappa shape index (κ2) is 8.38. The van der Waals surface area contributed by atoms with Crippen LogP contribution in [0.4, 0.5) is 4.39 Å². The minimum Gasteiger partial charge on any atom is -0.487 e. The number of hydrogen-bond donors (Lipinski definition) is 1. The van der Waals surface area contributed by atoms with Crippen LogP contribution in [-0.4, -0.2) is 29.5 Å². The number of halogens is 1. The van der Waals surface area contributed by atoms with Crippen LogP contribution in [0.5, 0.6) is 5.75 Å². The first-order chi connectivity index (χ1) is 14.3. The van der Waals surface area contributed by atoms with Crippen molar-refractivity contribution in [2.75, 3.05) is 13.1 Å². The third-order valence-electron chi connectivity index (χ3n) is 6.14. The van der Waals surface area contributed by atoms with E-state index in [0.29, 0.717) is 0 Å². The fraction of sp³-hybridized carbons (Fsp3) is 0.480. The molecule has 0 aromatic heterocycles. The fourth-order valence-corrected chi connectivity index (χ4v) is 4.64. The highest BCUT2D eigenvalue weighted by Gasteiger charge is 2.36. The molecule has 2 aliphatic heterocycles. The monoisotopic (exact) mass is 410 g/mol. The second-order valence-electron chi connectivity index (χ2n) is 9.37. The Balaban J connectivity index is 1.42. The third kappa shape index (κ3) is 4.84. The van der Waals surface area contributed by atoms with E-state index in [1.54, 1.807) is 0 Å². The molecule has 4 rings (SSSR count).